The van der Waals surface area contributed by atoms with Gasteiger partial charge in [-0.25, -0.2) is 0 Å². The fourth-order valence-electron chi connectivity index (χ4n) is 3.43. The van der Waals surface area contributed by atoms with Gasteiger partial charge in [-0.2, -0.15) is 5.26 Å². The van der Waals surface area contributed by atoms with Gasteiger partial charge in [0.2, 0.25) is 5.91 Å². The summed E-state index contributed by atoms with van der Waals surface area (Å²) >= 11 is 0. The molecule has 0 bridgehead atoms. The van der Waals surface area contributed by atoms with Crippen LogP contribution < -0.4 is 10.6 Å². The molecule has 0 aliphatic heterocycles. The number of hydrogen-bond donors (Lipinski definition) is 2. The van der Waals surface area contributed by atoms with E-state index in [1.165, 1.54) is 0 Å². The summed E-state index contributed by atoms with van der Waals surface area (Å²) in [7, 11) is 0. The van der Waals surface area contributed by atoms with Gasteiger partial charge in [0, 0.05) is 18.5 Å². The molecule has 3 aromatic carbocycles. The van der Waals surface area contributed by atoms with Crippen molar-refractivity contribution in [2.75, 3.05) is 0 Å². The highest BCUT2D eigenvalue weighted by atomic mass is 16.2. The highest BCUT2D eigenvalue weighted by Crippen LogP contribution is 2.16. The fourth-order valence-corrected chi connectivity index (χ4v) is 3.43. The predicted octanol–water partition coefficient (Wildman–Crippen LogP) is 3.83. The summed E-state index contributed by atoms with van der Waals surface area (Å²) in [6.07, 6.45) is 0.390. The highest BCUT2D eigenvalue weighted by Gasteiger charge is 2.23. The number of aryl methyl sites for hydroxylation is 2. The highest BCUT2D eigenvalue weighted by molar-refractivity contribution is 5.97. The molecule has 3 rings (SSSR count). The van der Waals surface area contributed by atoms with Crippen LogP contribution in [0.25, 0.3) is 0 Å². The quantitative estimate of drug-likeness (QED) is 0.620. The summed E-state index contributed by atoms with van der Waals surface area (Å²) in [4.78, 5) is 25.9. The number of nitriles is 1. The van der Waals surface area contributed by atoms with E-state index in [0.29, 0.717) is 24.1 Å². The van der Waals surface area contributed by atoms with Gasteiger partial charge in [0.1, 0.15) is 6.04 Å². The van der Waals surface area contributed by atoms with E-state index in [1.54, 1.807) is 24.3 Å². The number of hydrogen-bond acceptors (Lipinski definition) is 3. The Bertz CT molecular complexity index is 1080. The van der Waals surface area contributed by atoms with Gasteiger partial charge < -0.3 is 10.6 Å². The third-order valence-corrected chi connectivity index (χ3v) is 5.26. The number of rotatable bonds is 7. The van der Waals surface area contributed by atoms with Gasteiger partial charge in [-0.15, -0.1) is 0 Å². The molecular weight excluding hydrogens is 386 g/mol. The van der Waals surface area contributed by atoms with Crippen LogP contribution in [-0.4, -0.2) is 17.9 Å². The third-order valence-electron chi connectivity index (χ3n) is 5.26. The molecule has 0 spiro atoms. The summed E-state index contributed by atoms with van der Waals surface area (Å²) in [5.41, 5.74) is 5.06. The van der Waals surface area contributed by atoms with Crippen LogP contribution in [0.1, 0.15) is 38.2 Å². The van der Waals surface area contributed by atoms with E-state index in [0.717, 1.165) is 22.3 Å². The van der Waals surface area contributed by atoms with E-state index in [2.05, 4.69) is 10.6 Å². The largest absolute Gasteiger partial charge is 0.350 e. The first-order valence-corrected chi connectivity index (χ1v) is 10.2. The maximum atomic E-state index is 13.0. The molecule has 0 saturated carbocycles. The predicted molar refractivity (Wildman–Crippen MR) is 120 cm³/mol. The zero-order chi connectivity index (χ0) is 22.2. The maximum absolute atomic E-state index is 13.0. The Kier molecular flexibility index (Phi) is 7.18. The molecular formula is C26H25N3O2. The Labute approximate surface area is 182 Å². The first-order valence-electron chi connectivity index (χ1n) is 10.2. The van der Waals surface area contributed by atoms with Crippen LogP contribution in [0.2, 0.25) is 0 Å². The second-order valence-corrected chi connectivity index (χ2v) is 7.49. The van der Waals surface area contributed by atoms with E-state index in [-0.39, 0.29) is 11.8 Å². The Morgan fingerprint density at radius 3 is 2.16 bits per heavy atom. The topological polar surface area (TPSA) is 82.0 Å². The lowest BCUT2D eigenvalue weighted by Crippen LogP contribution is -2.48. The maximum Gasteiger partial charge on any atom is 0.251 e. The molecule has 2 N–H and O–H groups in total. The van der Waals surface area contributed by atoms with E-state index < -0.39 is 6.04 Å². The zero-order valence-electron chi connectivity index (χ0n) is 17.7. The van der Waals surface area contributed by atoms with Crippen molar-refractivity contribution in [1.29, 1.82) is 5.26 Å². The second kappa shape index (κ2) is 10.2. The standard InChI is InChI=1S/C26H25N3O2/c1-18-7-6-8-19(2)23(18)15-24(26(31)28-17-21-9-4-3-5-10-21)29-25(30)22-13-11-20(16-27)12-14-22/h3-14,24H,15,17H2,1-2H3,(H,28,31)(H,29,30). The molecule has 156 valence electrons. The van der Waals surface area contributed by atoms with Gasteiger partial charge in [0.25, 0.3) is 5.91 Å². The van der Waals surface area contributed by atoms with E-state index in [4.69, 9.17) is 5.26 Å². The average molecular weight is 412 g/mol. The van der Waals surface area contributed by atoms with Crippen molar-refractivity contribution < 1.29 is 9.59 Å². The molecule has 1 unspecified atom stereocenters. The Morgan fingerprint density at radius 1 is 0.903 bits per heavy atom. The van der Waals surface area contributed by atoms with Crippen molar-refractivity contribution in [1.82, 2.24) is 10.6 Å². The lowest BCUT2D eigenvalue weighted by Gasteiger charge is -2.21. The Hall–Kier alpha value is -3.91. The van der Waals surface area contributed by atoms with E-state index >= 15 is 0 Å². The van der Waals surface area contributed by atoms with Crippen LogP contribution in [-0.2, 0) is 17.8 Å². The molecule has 0 aliphatic carbocycles. The molecule has 5 nitrogen and oxygen atoms in total. The van der Waals surface area contributed by atoms with Crippen molar-refractivity contribution in [2.45, 2.75) is 32.9 Å². The van der Waals surface area contributed by atoms with Crippen LogP contribution in [0.3, 0.4) is 0 Å². The number of nitrogens with one attached hydrogen (secondary N) is 2. The minimum Gasteiger partial charge on any atom is -0.350 e. The first-order chi connectivity index (χ1) is 15.0. The Balaban J connectivity index is 1.79. The summed E-state index contributed by atoms with van der Waals surface area (Å²) in [5.74, 6) is -0.593. The van der Waals surface area contributed by atoms with Gasteiger partial charge in [0.05, 0.1) is 11.6 Å². The van der Waals surface area contributed by atoms with Crippen LogP contribution in [0, 0.1) is 25.2 Å². The van der Waals surface area contributed by atoms with Gasteiger partial charge in [-0.3, -0.25) is 9.59 Å². The molecule has 5 heteroatoms. The first kappa shape index (κ1) is 21.8. The molecule has 0 heterocycles. The molecule has 0 aliphatic rings. The summed E-state index contributed by atoms with van der Waals surface area (Å²) < 4.78 is 0. The molecule has 0 radical (unpaired) electrons. The molecule has 0 aromatic heterocycles. The van der Waals surface area contributed by atoms with Crippen molar-refractivity contribution >= 4 is 11.8 Å². The SMILES string of the molecule is Cc1cccc(C)c1CC(NC(=O)c1ccc(C#N)cc1)C(=O)NCc1ccccc1. The molecule has 0 fully saturated rings. The molecule has 0 saturated heterocycles. The molecule has 1 atom stereocenters. The number of benzene rings is 3. The van der Waals surface area contributed by atoms with Gasteiger partial charge in [-0.05, 0) is 60.4 Å². The average Bonchev–Trinajstić information content (AvgIpc) is 2.79. The molecule has 31 heavy (non-hydrogen) atoms. The van der Waals surface area contributed by atoms with Crippen LogP contribution in [0.15, 0.2) is 72.8 Å². The number of amides is 2. The van der Waals surface area contributed by atoms with Gasteiger partial charge in [0.15, 0.2) is 0 Å². The van der Waals surface area contributed by atoms with Crippen molar-refractivity contribution in [3.05, 3.63) is 106 Å². The lowest BCUT2D eigenvalue weighted by atomic mass is 9.95. The monoisotopic (exact) mass is 411 g/mol. The Morgan fingerprint density at radius 2 is 1.55 bits per heavy atom. The normalized spacial score (nSPS) is 11.3. The van der Waals surface area contributed by atoms with Crippen LogP contribution >= 0.6 is 0 Å². The number of carbonyl (C=O) groups is 2. The van der Waals surface area contributed by atoms with Crippen LogP contribution in [0.5, 0.6) is 0 Å². The summed E-state index contributed by atoms with van der Waals surface area (Å²) in [5, 5.41) is 14.8. The van der Waals surface area contributed by atoms with Gasteiger partial charge in [-0.1, -0.05) is 48.5 Å². The zero-order valence-corrected chi connectivity index (χ0v) is 17.7. The second-order valence-electron chi connectivity index (χ2n) is 7.49. The third kappa shape index (κ3) is 5.80. The van der Waals surface area contributed by atoms with Crippen molar-refractivity contribution in [3.8, 4) is 6.07 Å². The minimum atomic E-state index is -0.730. The summed E-state index contributed by atoms with van der Waals surface area (Å²) in [6.45, 7) is 4.39. The van der Waals surface area contributed by atoms with Crippen molar-refractivity contribution in [3.63, 3.8) is 0 Å². The van der Waals surface area contributed by atoms with E-state index in [1.807, 2.05) is 68.4 Å². The molecule has 2 amide bonds. The van der Waals surface area contributed by atoms with Gasteiger partial charge >= 0.3 is 0 Å². The summed E-state index contributed by atoms with van der Waals surface area (Å²) in [6, 6.07) is 23.3. The number of nitrogens with zero attached hydrogens (tertiary/aromatic N) is 1. The fraction of sp³-hybridized carbons (Fsp3) is 0.192. The lowest BCUT2D eigenvalue weighted by molar-refractivity contribution is -0.123. The minimum absolute atomic E-state index is 0.242. The van der Waals surface area contributed by atoms with Crippen molar-refractivity contribution in [2.24, 2.45) is 0 Å². The smallest absolute Gasteiger partial charge is 0.251 e. The van der Waals surface area contributed by atoms with E-state index in [9.17, 15) is 9.59 Å². The number of carbonyl (C=O) groups excluding carboxylic acids is 2. The molecule has 3 aromatic rings. The van der Waals surface area contributed by atoms with Crippen LogP contribution in [0.4, 0.5) is 0 Å².